The zero-order chi connectivity index (χ0) is 18.9. The summed E-state index contributed by atoms with van der Waals surface area (Å²) in [7, 11) is 0. The maximum Gasteiger partial charge on any atom is 0.326 e. The van der Waals surface area contributed by atoms with E-state index in [1.54, 1.807) is 0 Å². The molecule has 0 aliphatic carbocycles. The summed E-state index contributed by atoms with van der Waals surface area (Å²) in [5, 5.41) is 2.86. The second-order valence-corrected chi connectivity index (χ2v) is 6.49. The number of aryl methyl sites for hydroxylation is 2. The molecule has 1 fully saturated rings. The largest absolute Gasteiger partial charge is 0.454 e. The fraction of sp³-hybridized carbons (Fsp3) is 0.550. The molecule has 6 nitrogen and oxygen atoms in total. The van der Waals surface area contributed by atoms with Crippen LogP contribution in [-0.2, 0) is 32.0 Å². The molecule has 1 saturated heterocycles. The van der Waals surface area contributed by atoms with Gasteiger partial charge in [-0.1, -0.05) is 38.5 Å². The Balaban J connectivity index is 1.87. The van der Waals surface area contributed by atoms with Crippen molar-refractivity contribution in [1.82, 2.24) is 4.90 Å². The minimum Gasteiger partial charge on any atom is -0.454 e. The van der Waals surface area contributed by atoms with Crippen LogP contribution in [0.2, 0.25) is 0 Å². The summed E-state index contributed by atoms with van der Waals surface area (Å²) in [6, 6.07) is 5.93. The smallest absolute Gasteiger partial charge is 0.326 e. The molecule has 1 heterocycles. The maximum atomic E-state index is 12.2. The predicted molar refractivity (Wildman–Crippen MR) is 99.8 cm³/mol. The van der Waals surface area contributed by atoms with E-state index >= 15 is 0 Å². The Morgan fingerprint density at radius 1 is 1.12 bits per heavy atom. The summed E-state index contributed by atoms with van der Waals surface area (Å²) in [4.78, 5) is 37.6. The zero-order valence-electron chi connectivity index (χ0n) is 15.7. The average Bonchev–Trinajstić information content (AvgIpc) is 2.84. The number of esters is 1. The van der Waals surface area contributed by atoms with Crippen LogP contribution >= 0.6 is 0 Å². The number of hydrogen-bond acceptors (Lipinski definition) is 4. The highest BCUT2D eigenvalue weighted by Gasteiger charge is 2.20. The van der Waals surface area contributed by atoms with Gasteiger partial charge in [0.25, 0.3) is 5.91 Å². The molecule has 0 bridgehead atoms. The van der Waals surface area contributed by atoms with E-state index in [-0.39, 0.29) is 25.0 Å². The summed E-state index contributed by atoms with van der Waals surface area (Å²) in [6.07, 6.45) is 4.84. The molecule has 1 aromatic carbocycles. The second-order valence-electron chi connectivity index (χ2n) is 6.49. The van der Waals surface area contributed by atoms with Crippen molar-refractivity contribution in [1.29, 1.82) is 0 Å². The van der Waals surface area contributed by atoms with Crippen LogP contribution in [0, 0.1) is 0 Å². The van der Waals surface area contributed by atoms with Gasteiger partial charge in [-0.2, -0.15) is 0 Å². The van der Waals surface area contributed by atoms with Gasteiger partial charge >= 0.3 is 5.97 Å². The van der Waals surface area contributed by atoms with E-state index in [1.807, 2.05) is 32.0 Å². The molecule has 0 radical (unpaired) electrons. The van der Waals surface area contributed by atoms with Crippen LogP contribution < -0.4 is 5.32 Å². The number of amides is 2. The van der Waals surface area contributed by atoms with Crippen molar-refractivity contribution >= 4 is 23.5 Å². The van der Waals surface area contributed by atoms with Crippen molar-refractivity contribution in [2.45, 2.75) is 52.4 Å². The Kier molecular flexibility index (Phi) is 7.63. The molecule has 0 spiro atoms. The van der Waals surface area contributed by atoms with Crippen molar-refractivity contribution in [3.05, 3.63) is 29.3 Å². The molecule has 0 saturated carbocycles. The lowest BCUT2D eigenvalue weighted by Crippen LogP contribution is -2.36. The molecule has 26 heavy (non-hydrogen) atoms. The molecule has 2 amide bonds. The Morgan fingerprint density at radius 3 is 2.46 bits per heavy atom. The minimum absolute atomic E-state index is 0.0200. The van der Waals surface area contributed by atoms with Crippen molar-refractivity contribution < 1.29 is 19.1 Å². The van der Waals surface area contributed by atoms with Gasteiger partial charge in [0.15, 0.2) is 6.61 Å². The fourth-order valence-electron chi connectivity index (χ4n) is 3.13. The monoisotopic (exact) mass is 360 g/mol. The molecule has 142 valence electrons. The molecule has 1 aliphatic heterocycles. The van der Waals surface area contributed by atoms with Crippen LogP contribution in [0.1, 0.15) is 50.7 Å². The number of nitrogens with one attached hydrogen (secondary N) is 1. The van der Waals surface area contributed by atoms with Gasteiger partial charge in [0.1, 0.15) is 6.54 Å². The van der Waals surface area contributed by atoms with E-state index in [9.17, 15) is 14.4 Å². The number of nitrogens with zero attached hydrogens (tertiary/aromatic N) is 1. The third kappa shape index (κ3) is 5.58. The number of carbonyl (C=O) groups is 3. The lowest BCUT2D eigenvalue weighted by atomic mass is 10.0. The third-order valence-corrected chi connectivity index (χ3v) is 4.62. The van der Waals surface area contributed by atoms with E-state index in [2.05, 4.69) is 5.32 Å². The van der Waals surface area contributed by atoms with Gasteiger partial charge in [-0.25, -0.2) is 0 Å². The number of carbonyl (C=O) groups excluding carboxylic acids is 3. The molecule has 1 aromatic rings. The first kappa shape index (κ1) is 19.9. The van der Waals surface area contributed by atoms with Crippen LogP contribution in [0.25, 0.3) is 0 Å². The van der Waals surface area contributed by atoms with Gasteiger partial charge in [0, 0.05) is 18.7 Å². The summed E-state index contributed by atoms with van der Waals surface area (Å²) in [5.41, 5.74) is 2.92. The van der Waals surface area contributed by atoms with E-state index in [0.29, 0.717) is 13.0 Å². The van der Waals surface area contributed by atoms with Crippen LogP contribution in [0.5, 0.6) is 0 Å². The summed E-state index contributed by atoms with van der Waals surface area (Å²) < 4.78 is 5.07. The van der Waals surface area contributed by atoms with Crippen molar-refractivity contribution in [2.75, 3.05) is 25.0 Å². The maximum absolute atomic E-state index is 12.2. The van der Waals surface area contributed by atoms with E-state index in [0.717, 1.165) is 48.9 Å². The first-order chi connectivity index (χ1) is 12.5. The molecular formula is C20H28N2O4. The van der Waals surface area contributed by atoms with E-state index in [1.165, 1.54) is 4.90 Å². The predicted octanol–water partition coefficient (Wildman–Crippen LogP) is 2.70. The second kappa shape index (κ2) is 9.94. The first-order valence-corrected chi connectivity index (χ1v) is 9.39. The topological polar surface area (TPSA) is 75.7 Å². The highest BCUT2D eigenvalue weighted by Crippen LogP contribution is 2.22. The quantitative estimate of drug-likeness (QED) is 0.759. The molecule has 2 rings (SSSR count). The van der Waals surface area contributed by atoms with Gasteiger partial charge in [-0.3, -0.25) is 14.4 Å². The molecule has 0 aromatic heterocycles. The summed E-state index contributed by atoms with van der Waals surface area (Å²) in [6.45, 7) is 4.20. The number of ether oxygens (including phenoxy) is 1. The summed E-state index contributed by atoms with van der Waals surface area (Å²) in [5.74, 6) is -0.931. The third-order valence-electron chi connectivity index (χ3n) is 4.62. The van der Waals surface area contributed by atoms with Gasteiger partial charge in [0.05, 0.1) is 0 Å². The highest BCUT2D eigenvalue weighted by atomic mass is 16.5. The number of likely N-dealkylation sites (tertiary alicyclic amines) is 1. The van der Waals surface area contributed by atoms with Crippen LogP contribution in [0.4, 0.5) is 5.69 Å². The standard InChI is InChI=1S/C20H28N2O4/c1-3-15-9-8-10-16(4-2)20(15)21-17(23)14-26-19(25)13-22-12-7-5-6-11-18(22)24/h8-10H,3-7,11-14H2,1-2H3,(H,21,23). The molecular weight excluding hydrogens is 332 g/mol. The molecule has 0 atom stereocenters. The highest BCUT2D eigenvalue weighted by molar-refractivity contribution is 5.94. The fourth-order valence-corrected chi connectivity index (χ4v) is 3.13. The Bertz CT molecular complexity index is 635. The van der Waals surface area contributed by atoms with E-state index in [4.69, 9.17) is 4.74 Å². The van der Waals surface area contributed by atoms with Gasteiger partial charge < -0.3 is 15.0 Å². The number of rotatable bonds is 7. The molecule has 6 heteroatoms. The molecule has 1 aliphatic rings. The average molecular weight is 360 g/mol. The normalized spacial score (nSPS) is 14.7. The Hall–Kier alpha value is -2.37. The lowest BCUT2D eigenvalue weighted by molar-refractivity contribution is -0.151. The Labute approximate surface area is 154 Å². The SMILES string of the molecule is CCc1cccc(CC)c1NC(=O)COC(=O)CN1CCCCCC1=O. The summed E-state index contributed by atoms with van der Waals surface area (Å²) >= 11 is 0. The van der Waals surface area contributed by atoms with E-state index < -0.39 is 5.97 Å². The number of hydrogen-bond donors (Lipinski definition) is 1. The van der Waals surface area contributed by atoms with Crippen LogP contribution in [0.15, 0.2) is 18.2 Å². The van der Waals surface area contributed by atoms with Gasteiger partial charge in [0.2, 0.25) is 5.91 Å². The number of para-hydroxylation sites is 1. The first-order valence-electron chi connectivity index (χ1n) is 9.39. The van der Waals surface area contributed by atoms with Crippen molar-refractivity contribution in [3.8, 4) is 0 Å². The van der Waals surface area contributed by atoms with Crippen molar-refractivity contribution in [2.24, 2.45) is 0 Å². The van der Waals surface area contributed by atoms with Crippen LogP contribution in [0.3, 0.4) is 0 Å². The van der Waals surface area contributed by atoms with Crippen LogP contribution in [-0.4, -0.2) is 42.4 Å². The van der Waals surface area contributed by atoms with Gasteiger partial charge in [-0.15, -0.1) is 0 Å². The Morgan fingerprint density at radius 2 is 1.81 bits per heavy atom. The molecule has 1 N–H and O–H groups in total. The zero-order valence-corrected chi connectivity index (χ0v) is 15.7. The number of anilines is 1. The minimum atomic E-state index is -0.546. The number of benzene rings is 1. The lowest BCUT2D eigenvalue weighted by Gasteiger charge is -2.19. The van der Waals surface area contributed by atoms with Gasteiger partial charge in [-0.05, 0) is 36.8 Å². The molecule has 0 unspecified atom stereocenters. The van der Waals surface area contributed by atoms with Crippen molar-refractivity contribution in [3.63, 3.8) is 0 Å².